The van der Waals surface area contributed by atoms with Gasteiger partial charge in [-0.05, 0) is 12.8 Å². The van der Waals surface area contributed by atoms with Crippen LogP contribution in [0.15, 0.2) is 12.4 Å². The van der Waals surface area contributed by atoms with Crippen LogP contribution in [-0.2, 0) is 0 Å². The third kappa shape index (κ3) is 1.18. The van der Waals surface area contributed by atoms with E-state index < -0.39 is 0 Å². The molecule has 4 nitrogen and oxygen atoms in total. The Balaban J connectivity index is 2.77. The fourth-order valence-corrected chi connectivity index (χ4v) is 1.37. The second-order valence-corrected chi connectivity index (χ2v) is 3.41. The Hall–Kier alpha value is -1.45. The first kappa shape index (κ1) is 8.16. The third-order valence-electron chi connectivity index (χ3n) is 2.07. The zero-order valence-corrected chi connectivity index (χ0v) is 8.02. The minimum Gasteiger partial charge on any atom is -0.284 e. The second-order valence-electron chi connectivity index (χ2n) is 3.41. The summed E-state index contributed by atoms with van der Waals surface area (Å²) in [6, 6.07) is 0. The number of nitrogens with zero attached hydrogens (tertiary/aromatic N) is 4. The Labute approximate surface area is 76.6 Å². The molecule has 0 bridgehead atoms. The van der Waals surface area contributed by atoms with Gasteiger partial charge in [-0.3, -0.25) is 9.38 Å². The summed E-state index contributed by atoms with van der Waals surface area (Å²) in [5, 5.41) is 8.10. The smallest absolute Gasteiger partial charge is 0.182 e. The second kappa shape index (κ2) is 2.80. The predicted molar refractivity (Wildman–Crippen MR) is 49.6 cm³/mol. The van der Waals surface area contributed by atoms with Gasteiger partial charge in [0.15, 0.2) is 5.65 Å². The molecule has 0 atom stereocenters. The lowest BCUT2D eigenvalue weighted by Crippen LogP contribution is -1.98. The lowest BCUT2D eigenvalue weighted by atomic mass is 10.1. The van der Waals surface area contributed by atoms with Crippen molar-refractivity contribution in [1.82, 2.24) is 19.6 Å². The van der Waals surface area contributed by atoms with Crippen LogP contribution in [0.1, 0.15) is 31.3 Å². The number of hydrogen-bond acceptors (Lipinski definition) is 3. The van der Waals surface area contributed by atoms with Crippen LogP contribution >= 0.6 is 0 Å². The molecule has 2 aromatic heterocycles. The zero-order valence-electron chi connectivity index (χ0n) is 8.02. The van der Waals surface area contributed by atoms with E-state index in [1.54, 1.807) is 6.20 Å². The van der Waals surface area contributed by atoms with E-state index in [4.69, 9.17) is 0 Å². The Bertz CT molecular complexity index is 430. The van der Waals surface area contributed by atoms with Crippen molar-refractivity contribution in [1.29, 1.82) is 0 Å². The highest BCUT2D eigenvalue weighted by molar-refractivity contribution is 5.44. The summed E-state index contributed by atoms with van der Waals surface area (Å²) in [5.41, 5.74) is 1.87. The minimum atomic E-state index is 0.382. The molecule has 2 heterocycles. The average molecular weight is 176 g/mol. The summed E-state index contributed by atoms with van der Waals surface area (Å²) < 4.78 is 1.96. The summed E-state index contributed by atoms with van der Waals surface area (Å²) in [5.74, 6) is 1.28. The molecular weight excluding hydrogens is 164 g/mol. The monoisotopic (exact) mass is 176 g/mol. The summed E-state index contributed by atoms with van der Waals surface area (Å²) in [6.07, 6.45) is 3.68. The van der Waals surface area contributed by atoms with Crippen molar-refractivity contribution in [2.24, 2.45) is 0 Å². The van der Waals surface area contributed by atoms with Gasteiger partial charge in [-0.1, -0.05) is 13.8 Å². The summed E-state index contributed by atoms with van der Waals surface area (Å²) >= 11 is 0. The van der Waals surface area contributed by atoms with Gasteiger partial charge in [0.05, 0.1) is 5.69 Å². The topological polar surface area (TPSA) is 43.1 Å². The predicted octanol–water partition coefficient (Wildman–Crippen LogP) is 1.56. The highest BCUT2D eigenvalue weighted by Gasteiger charge is 2.09. The Kier molecular flexibility index (Phi) is 1.76. The van der Waals surface area contributed by atoms with E-state index in [0.717, 1.165) is 17.2 Å². The van der Waals surface area contributed by atoms with E-state index in [1.165, 1.54) is 0 Å². The Morgan fingerprint density at radius 3 is 2.77 bits per heavy atom. The number of hydrogen-bond donors (Lipinski definition) is 0. The first-order valence-corrected chi connectivity index (χ1v) is 4.36. The fraction of sp³-hybridized carbons (Fsp3) is 0.444. The molecule has 0 unspecified atom stereocenters. The first-order valence-electron chi connectivity index (χ1n) is 4.36. The standard InChI is InChI=1S/C9H12N4/c1-6(2)8-9-12-11-7(3)13(9)5-4-10-8/h4-6H,1-3H3. The summed E-state index contributed by atoms with van der Waals surface area (Å²) in [7, 11) is 0. The van der Waals surface area contributed by atoms with Crippen molar-refractivity contribution >= 4 is 5.65 Å². The van der Waals surface area contributed by atoms with Gasteiger partial charge in [0.2, 0.25) is 0 Å². The van der Waals surface area contributed by atoms with Crippen molar-refractivity contribution in [3.8, 4) is 0 Å². The lowest BCUT2D eigenvalue weighted by Gasteiger charge is -2.04. The van der Waals surface area contributed by atoms with Crippen LogP contribution in [-0.4, -0.2) is 19.6 Å². The molecule has 0 aliphatic rings. The molecule has 0 aliphatic heterocycles. The maximum atomic E-state index is 4.30. The molecule has 2 rings (SSSR count). The molecule has 0 fully saturated rings. The van der Waals surface area contributed by atoms with Crippen molar-refractivity contribution < 1.29 is 0 Å². The molecule has 0 saturated carbocycles. The van der Waals surface area contributed by atoms with Crippen molar-refractivity contribution in [2.75, 3.05) is 0 Å². The van der Waals surface area contributed by atoms with Crippen LogP contribution in [0.25, 0.3) is 5.65 Å². The third-order valence-corrected chi connectivity index (χ3v) is 2.07. The van der Waals surface area contributed by atoms with Crippen LogP contribution < -0.4 is 0 Å². The molecule has 0 spiro atoms. The van der Waals surface area contributed by atoms with Crippen LogP contribution in [0.3, 0.4) is 0 Å². The number of fused-ring (bicyclic) bond motifs is 1. The molecule has 0 N–H and O–H groups in total. The highest BCUT2D eigenvalue weighted by atomic mass is 15.2. The van der Waals surface area contributed by atoms with Gasteiger partial charge in [0, 0.05) is 12.4 Å². The first-order chi connectivity index (χ1) is 6.20. The van der Waals surface area contributed by atoms with E-state index in [9.17, 15) is 0 Å². The molecule has 2 aromatic rings. The number of aromatic nitrogens is 4. The van der Waals surface area contributed by atoms with Gasteiger partial charge in [0.25, 0.3) is 0 Å². The molecule has 68 valence electrons. The minimum absolute atomic E-state index is 0.382. The summed E-state index contributed by atoms with van der Waals surface area (Å²) in [4.78, 5) is 4.30. The van der Waals surface area contributed by atoms with Gasteiger partial charge in [-0.15, -0.1) is 10.2 Å². The van der Waals surface area contributed by atoms with E-state index in [-0.39, 0.29) is 0 Å². The zero-order chi connectivity index (χ0) is 9.42. The fourth-order valence-electron chi connectivity index (χ4n) is 1.37. The Morgan fingerprint density at radius 2 is 2.08 bits per heavy atom. The largest absolute Gasteiger partial charge is 0.284 e. The average Bonchev–Trinajstić information content (AvgIpc) is 2.48. The normalized spacial score (nSPS) is 11.4. The quantitative estimate of drug-likeness (QED) is 0.662. The van der Waals surface area contributed by atoms with Gasteiger partial charge < -0.3 is 0 Å². The summed E-state index contributed by atoms with van der Waals surface area (Å²) in [6.45, 7) is 6.14. The van der Waals surface area contributed by atoms with Crippen LogP contribution in [0.2, 0.25) is 0 Å². The lowest BCUT2D eigenvalue weighted by molar-refractivity contribution is 0.815. The van der Waals surface area contributed by atoms with Gasteiger partial charge >= 0.3 is 0 Å². The maximum Gasteiger partial charge on any atom is 0.182 e. The van der Waals surface area contributed by atoms with Crippen molar-refractivity contribution in [2.45, 2.75) is 26.7 Å². The maximum absolute atomic E-state index is 4.30. The Morgan fingerprint density at radius 1 is 1.31 bits per heavy atom. The van der Waals surface area contributed by atoms with Crippen molar-refractivity contribution in [3.63, 3.8) is 0 Å². The molecule has 0 aliphatic carbocycles. The molecule has 4 heteroatoms. The molecule has 13 heavy (non-hydrogen) atoms. The number of rotatable bonds is 1. The van der Waals surface area contributed by atoms with E-state index >= 15 is 0 Å². The SMILES string of the molecule is Cc1nnc2c(C(C)C)nccn12. The van der Waals surface area contributed by atoms with Crippen molar-refractivity contribution in [3.05, 3.63) is 23.9 Å². The van der Waals surface area contributed by atoms with E-state index in [0.29, 0.717) is 5.92 Å². The molecule has 0 radical (unpaired) electrons. The molecule has 0 amide bonds. The molecule has 0 saturated heterocycles. The molecular formula is C9H12N4. The van der Waals surface area contributed by atoms with Gasteiger partial charge in [0.1, 0.15) is 5.82 Å². The van der Waals surface area contributed by atoms with E-state index in [2.05, 4.69) is 29.0 Å². The highest BCUT2D eigenvalue weighted by Crippen LogP contribution is 2.15. The van der Waals surface area contributed by atoms with Gasteiger partial charge in [-0.2, -0.15) is 0 Å². The van der Waals surface area contributed by atoms with Crippen LogP contribution in [0.4, 0.5) is 0 Å². The number of aryl methyl sites for hydroxylation is 1. The van der Waals surface area contributed by atoms with E-state index in [1.807, 2.05) is 17.5 Å². The van der Waals surface area contributed by atoms with Crippen LogP contribution in [0.5, 0.6) is 0 Å². The molecule has 0 aromatic carbocycles. The van der Waals surface area contributed by atoms with Gasteiger partial charge in [-0.25, -0.2) is 0 Å². The van der Waals surface area contributed by atoms with Crippen LogP contribution in [0, 0.1) is 6.92 Å².